The number of hydrogen-bond donors (Lipinski definition) is 1. The largest absolute Gasteiger partial charge is 0.381 e. The van der Waals surface area contributed by atoms with Crippen molar-refractivity contribution >= 4 is 28.9 Å². The molecule has 0 atom stereocenters. The van der Waals surface area contributed by atoms with Crippen molar-refractivity contribution in [2.24, 2.45) is 0 Å². The van der Waals surface area contributed by atoms with E-state index < -0.39 is 0 Å². The van der Waals surface area contributed by atoms with E-state index in [0.717, 1.165) is 28.6 Å². The lowest BCUT2D eigenvalue weighted by Crippen LogP contribution is -2.34. The first kappa shape index (κ1) is 12.8. The minimum atomic E-state index is 0.514. The molecule has 0 unspecified atom stereocenters. The summed E-state index contributed by atoms with van der Waals surface area (Å²) in [4.78, 5) is 0. The number of halogens is 2. The minimum absolute atomic E-state index is 0.514. The lowest BCUT2D eigenvalue weighted by Gasteiger charge is -2.37. The second-order valence-electron chi connectivity index (χ2n) is 5.04. The third-order valence-electron chi connectivity index (χ3n) is 3.71. The van der Waals surface area contributed by atoms with Gasteiger partial charge in [-0.15, -0.1) is 0 Å². The van der Waals surface area contributed by atoms with Crippen molar-refractivity contribution in [3.63, 3.8) is 0 Å². The third-order valence-corrected chi connectivity index (χ3v) is 4.29. The Morgan fingerprint density at radius 2 is 1.58 bits per heavy atom. The molecule has 3 rings (SSSR count). The molecule has 1 N–H and O–H groups in total. The van der Waals surface area contributed by atoms with Gasteiger partial charge in [-0.05, 0) is 48.6 Å². The van der Waals surface area contributed by atoms with Gasteiger partial charge in [0.2, 0.25) is 0 Å². The Morgan fingerprint density at radius 3 is 2.26 bits per heavy atom. The highest BCUT2D eigenvalue weighted by atomic mass is 35.5. The van der Waals surface area contributed by atoms with E-state index in [1.54, 1.807) is 0 Å². The average molecular weight is 292 g/mol. The zero-order valence-electron chi connectivity index (χ0n) is 10.4. The number of anilines is 1. The van der Waals surface area contributed by atoms with E-state index in [1.807, 2.05) is 36.4 Å². The molecule has 98 valence electrons. The molecule has 2 aromatic rings. The van der Waals surface area contributed by atoms with Gasteiger partial charge in [0.1, 0.15) is 0 Å². The van der Waals surface area contributed by atoms with E-state index >= 15 is 0 Å². The predicted octanol–water partition coefficient (Wildman–Crippen LogP) is 5.35. The van der Waals surface area contributed by atoms with Crippen molar-refractivity contribution in [1.29, 1.82) is 0 Å². The van der Waals surface area contributed by atoms with Gasteiger partial charge in [0.15, 0.2) is 0 Å². The van der Waals surface area contributed by atoms with Gasteiger partial charge in [-0.1, -0.05) is 47.5 Å². The Balaban J connectivity index is 1.58. The number of hydrogen-bond acceptors (Lipinski definition) is 1. The smallest absolute Gasteiger partial charge is 0.0637 e. The highest BCUT2D eigenvalue weighted by Crippen LogP contribution is 2.39. The van der Waals surface area contributed by atoms with Gasteiger partial charge in [0.05, 0.1) is 10.7 Å². The molecule has 1 nitrogen and oxygen atoms in total. The molecule has 1 aliphatic carbocycles. The van der Waals surface area contributed by atoms with Gasteiger partial charge in [0, 0.05) is 11.1 Å². The molecule has 1 saturated carbocycles. The first-order valence-corrected chi connectivity index (χ1v) is 7.24. The summed E-state index contributed by atoms with van der Waals surface area (Å²) in [6, 6.07) is 16.6. The van der Waals surface area contributed by atoms with Crippen LogP contribution in [0.25, 0.3) is 0 Å². The summed E-state index contributed by atoms with van der Waals surface area (Å²) >= 11 is 12.0. The molecule has 0 aromatic heterocycles. The van der Waals surface area contributed by atoms with Crippen LogP contribution in [-0.4, -0.2) is 6.04 Å². The highest BCUT2D eigenvalue weighted by Gasteiger charge is 2.30. The summed E-state index contributed by atoms with van der Waals surface area (Å²) < 4.78 is 0. The van der Waals surface area contributed by atoms with Crippen molar-refractivity contribution in [3.05, 3.63) is 64.1 Å². The molecule has 3 heteroatoms. The van der Waals surface area contributed by atoms with Gasteiger partial charge >= 0.3 is 0 Å². The van der Waals surface area contributed by atoms with Crippen LogP contribution in [0.3, 0.4) is 0 Å². The van der Waals surface area contributed by atoms with Crippen LogP contribution in [0.15, 0.2) is 48.5 Å². The molecule has 0 saturated heterocycles. The lowest BCUT2D eigenvalue weighted by molar-refractivity contribution is 0.374. The maximum Gasteiger partial charge on any atom is 0.0637 e. The van der Waals surface area contributed by atoms with E-state index in [9.17, 15) is 0 Å². The quantitative estimate of drug-likeness (QED) is 0.804. The summed E-state index contributed by atoms with van der Waals surface area (Å²) in [5.74, 6) is 0.636. The lowest BCUT2D eigenvalue weighted by atomic mass is 9.76. The molecule has 0 amide bonds. The molecule has 0 aliphatic heterocycles. The van der Waals surface area contributed by atoms with Crippen molar-refractivity contribution in [3.8, 4) is 0 Å². The van der Waals surface area contributed by atoms with Crippen molar-refractivity contribution in [2.45, 2.75) is 24.8 Å². The SMILES string of the molecule is Clc1ccc(C2CC(Nc3ccccc3Cl)C2)cc1. The van der Waals surface area contributed by atoms with E-state index in [-0.39, 0.29) is 0 Å². The summed E-state index contributed by atoms with van der Waals surface area (Å²) in [5.41, 5.74) is 2.41. The second-order valence-corrected chi connectivity index (χ2v) is 5.88. The first-order valence-electron chi connectivity index (χ1n) is 6.49. The fraction of sp³-hybridized carbons (Fsp3) is 0.250. The molecular formula is C16H15Cl2N. The van der Waals surface area contributed by atoms with E-state index in [0.29, 0.717) is 12.0 Å². The monoisotopic (exact) mass is 291 g/mol. The van der Waals surface area contributed by atoms with Crippen LogP contribution < -0.4 is 5.32 Å². The zero-order chi connectivity index (χ0) is 13.2. The molecule has 0 radical (unpaired) electrons. The van der Waals surface area contributed by atoms with Crippen LogP contribution in [0, 0.1) is 0 Å². The summed E-state index contributed by atoms with van der Waals surface area (Å²) in [5, 5.41) is 5.09. The summed E-state index contributed by atoms with van der Waals surface area (Å²) in [6.45, 7) is 0. The number of nitrogens with one attached hydrogen (secondary N) is 1. The van der Waals surface area contributed by atoms with Crippen LogP contribution >= 0.6 is 23.2 Å². The predicted molar refractivity (Wildman–Crippen MR) is 82.3 cm³/mol. The second kappa shape index (κ2) is 5.44. The number of para-hydroxylation sites is 1. The molecular weight excluding hydrogens is 277 g/mol. The van der Waals surface area contributed by atoms with Gasteiger partial charge in [-0.3, -0.25) is 0 Å². The highest BCUT2D eigenvalue weighted by molar-refractivity contribution is 6.33. The van der Waals surface area contributed by atoms with Crippen molar-refractivity contribution in [2.75, 3.05) is 5.32 Å². The normalized spacial score (nSPS) is 21.8. The van der Waals surface area contributed by atoms with Gasteiger partial charge in [0.25, 0.3) is 0 Å². The standard InChI is InChI=1S/C16H15Cl2N/c17-13-7-5-11(6-8-13)12-9-14(10-12)19-16-4-2-1-3-15(16)18/h1-8,12,14,19H,9-10H2. The van der Waals surface area contributed by atoms with Crippen LogP contribution in [0.5, 0.6) is 0 Å². The van der Waals surface area contributed by atoms with E-state index in [2.05, 4.69) is 17.4 Å². The van der Waals surface area contributed by atoms with Crippen LogP contribution in [0.4, 0.5) is 5.69 Å². The Labute approximate surface area is 123 Å². The maximum absolute atomic E-state index is 6.14. The topological polar surface area (TPSA) is 12.0 Å². The number of benzene rings is 2. The number of rotatable bonds is 3. The van der Waals surface area contributed by atoms with Crippen LogP contribution in [0.1, 0.15) is 24.3 Å². The Kier molecular flexibility index (Phi) is 3.67. The van der Waals surface area contributed by atoms with Crippen molar-refractivity contribution in [1.82, 2.24) is 0 Å². The summed E-state index contributed by atoms with van der Waals surface area (Å²) in [7, 11) is 0. The Bertz CT molecular complexity index is 559. The molecule has 1 fully saturated rings. The Hall–Kier alpha value is -1.18. The molecule has 0 spiro atoms. The summed E-state index contributed by atoms with van der Waals surface area (Å²) in [6.07, 6.45) is 2.29. The Morgan fingerprint density at radius 1 is 0.895 bits per heavy atom. The van der Waals surface area contributed by atoms with Crippen molar-refractivity contribution < 1.29 is 0 Å². The fourth-order valence-corrected chi connectivity index (χ4v) is 2.86. The zero-order valence-corrected chi connectivity index (χ0v) is 12.0. The van der Waals surface area contributed by atoms with Gasteiger partial charge in [-0.2, -0.15) is 0 Å². The van der Waals surface area contributed by atoms with Crippen LogP contribution in [0.2, 0.25) is 10.0 Å². The maximum atomic E-state index is 6.14. The molecule has 0 heterocycles. The van der Waals surface area contributed by atoms with Gasteiger partial charge < -0.3 is 5.32 Å². The third kappa shape index (κ3) is 2.88. The van der Waals surface area contributed by atoms with E-state index in [4.69, 9.17) is 23.2 Å². The molecule has 2 aromatic carbocycles. The molecule has 1 aliphatic rings. The molecule has 19 heavy (non-hydrogen) atoms. The van der Waals surface area contributed by atoms with Crippen LogP contribution in [-0.2, 0) is 0 Å². The fourth-order valence-electron chi connectivity index (χ4n) is 2.54. The minimum Gasteiger partial charge on any atom is -0.381 e. The molecule has 0 bridgehead atoms. The van der Waals surface area contributed by atoms with Gasteiger partial charge in [-0.25, -0.2) is 0 Å². The average Bonchev–Trinajstić information content (AvgIpc) is 2.37. The van der Waals surface area contributed by atoms with E-state index in [1.165, 1.54) is 5.56 Å². The first-order chi connectivity index (χ1) is 9.22.